The predicted molar refractivity (Wildman–Crippen MR) is 74.9 cm³/mol. The Kier molecular flexibility index (Phi) is 6.46. The third-order valence-corrected chi connectivity index (χ3v) is 5.06. The molecule has 0 atom stereocenters. The topological polar surface area (TPSA) is 26.3 Å². The Labute approximate surface area is 107 Å². The average Bonchev–Trinajstić information content (AvgIpc) is 2.16. The van der Waals surface area contributed by atoms with Crippen molar-refractivity contribution in [3.8, 4) is 0 Å². The van der Waals surface area contributed by atoms with Crippen LogP contribution in [0.4, 0.5) is 0 Å². The molecule has 0 heterocycles. The lowest BCUT2D eigenvalue weighted by atomic mass is 10.0. The number of hydrogen-bond donors (Lipinski definition) is 0. The quantitative estimate of drug-likeness (QED) is 0.549. The van der Waals surface area contributed by atoms with Crippen LogP contribution in [0.2, 0.25) is 6.55 Å². The van der Waals surface area contributed by atoms with Gasteiger partial charge in [0.1, 0.15) is 0 Å². The second-order valence-electron chi connectivity index (χ2n) is 5.13. The van der Waals surface area contributed by atoms with Crippen LogP contribution in [0.25, 0.3) is 0 Å². The fraction of sp³-hybridized carbons (Fsp3) is 0.643. The summed E-state index contributed by atoms with van der Waals surface area (Å²) in [6, 6.07) is 0. The van der Waals surface area contributed by atoms with E-state index in [1.807, 2.05) is 6.55 Å². The SMILES string of the molecule is C=C(C)C(=O)O[Si](C)C(=C(C)C(C)C)C(C)C. The molecule has 0 bridgehead atoms. The number of carbonyl (C=O) groups excluding carboxylic acids is 1. The molecule has 0 fully saturated rings. The van der Waals surface area contributed by atoms with Gasteiger partial charge in [-0.25, -0.2) is 4.79 Å². The van der Waals surface area contributed by atoms with Crippen molar-refractivity contribution in [3.05, 3.63) is 22.9 Å². The van der Waals surface area contributed by atoms with Gasteiger partial charge in [0.05, 0.1) is 0 Å². The van der Waals surface area contributed by atoms with E-state index in [1.54, 1.807) is 6.92 Å². The fourth-order valence-corrected chi connectivity index (χ4v) is 3.95. The van der Waals surface area contributed by atoms with Crippen LogP contribution < -0.4 is 0 Å². The van der Waals surface area contributed by atoms with Crippen LogP contribution in [0.3, 0.4) is 0 Å². The molecule has 0 aromatic carbocycles. The number of allylic oxidation sites excluding steroid dienone is 2. The van der Waals surface area contributed by atoms with Crippen molar-refractivity contribution in [1.29, 1.82) is 0 Å². The Balaban J connectivity index is 5.04. The Hall–Kier alpha value is -0.833. The van der Waals surface area contributed by atoms with Crippen molar-refractivity contribution in [3.63, 3.8) is 0 Å². The molecule has 0 aromatic heterocycles. The van der Waals surface area contributed by atoms with Crippen molar-refractivity contribution in [2.24, 2.45) is 11.8 Å². The Bertz CT molecular complexity index is 327. The zero-order valence-electron chi connectivity index (χ0n) is 12.2. The van der Waals surface area contributed by atoms with Crippen LogP contribution >= 0.6 is 0 Å². The van der Waals surface area contributed by atoms with Gasteiger partial charge in [0.25, 0.3) is 0 Å². The van der Waals surface area contributed by atoms with Crippen LogP contribution in [-0.4, -0.2) is 15.0 Å². The van der Waals surface area contributed by atoms with E-state index in [1.165, 1.54) is 10.8 Å². The Morgan fingerprint density at radius 2 is 1.59 bits per heavy atom. The molecule has 17 heavy (non-hydrogen) atoms. The molecule has 0 aliphatic rings. The maximum absolute atomic E-state index is 11.6. The summed E-state index contributed by atoms with van der Waals surface area (Å²) in [6.45, 7) is 18.1. The lowest BCUT2D eigenvalue weighted by molar-refractivity contribution is -0.130. The van der Waals surface area contributed by atoms with Gasteiger partial charge in [-0.1, -0.05) is 39.8 Å². The van der Waals surface area contributed by atoms with E-state index in [0.29, 0.717) is 17.4 Å². The van der Waals surface area contributed by atoms with Gasteiger partial charge in [-0.05, 0) is 37.4 Å². The summed E-state index contributed by atoms with van der Waals surface area (Å²) in [5, 5.41) is 1.32. The van der Waals surface area contributed by atoms with Gasteiger partial charge in [-0.2, -0.15) is 0 Å². The van der Waals surface area contributed by atoms with Crippen LogP contribution in [-0.2, 0) is 9.22 Å². The van der Waals surface area contributed by atoms with Gasteiger partial charge >= 0.3 is 15.0 Å². The molecule has 0 aliphatic heterocycles. The van der Waals surface area contributed by atoms with E-state index in [9.17, 15) is 4.79 Å². The van der Waals surface area contributed by atoms with Gasteiger partial charge in [0.15, 0.2) is 0 Å². The van der Waals surface area contributed by atoms with E-state index in [2.05, 4.69) is 41.2 Å². The second kappa shape index (κ2) is 6.79. The number of carbonyl (C=O) groups is 1. The molecule has 0 aromatic rings. The molecule has 0 unspecified atom stereocenters. The first-order chi connectivity index (χ1) is 7.68. The van der Waals surface area contributed by atoms with Crippen molar-refractivity contribution in [1.82, 2.24) is 0 Å². The molecule has 97 valence electrons. The largest absolute Gasteiger partial charge is 0.510 e. The normalized spacial score (nSPS) is 13.1. The first kappa shape index (κ1) is 16.2. The highest BCUT2D eigenvalue weighted by Crippen LogP contribution is 2.24. The molecule has 0 spiro atoms. The Morgan fingerprint density at radius 1 is 1.12 bits per heavy atom. The van der Waals surface area contributed by atoms with E-state index < -0.39 is 9.04 Å². The molecule has 1 radical (unpaired) electrons. The third kappa shape index (κ3) is 4.90. The zero-order valence-corrected chi connectivity index (χ0v) is 13.2. The lowest BCUT2D eigenvalue weighted by Crippen LogP contribution is -2.26. The fourth-order valence-electron chi connectivity index (χ4n) is 1.73. The van der Waals surface area contributed by atoms with Crippen LogP contribution in [0, 0.1) is 11.8 Å². The molecule has 0 rings (SSSR count). The summed E-state index contributed by atoms with van der Waals surface area (Å²) in [5.74, 6) is 0.654. The summed E-state index contributed by atoms with van der Waals surface area (Å²) in [5.41, 5.74) is 1.82. The lowest BCUT2D eigenvalue weighted by Gasteiger charge is -2.22. The molecule has 0 saturated heterocycles. The monoisotopic (exact) mass is 253 g/mol. The van der Waals surface area contributed by atoms with E-state index in [-0.39, 0.29) is 5.97 Å². The van der Waals surface area contributed by atoms with Crippen LogP contribution in [0.1, 0.15) is 41.5 Å². The highest BCUT2D eigenvalue weighted by atomic mass is 28.3. The molecule has 0 N–H and O–H groups in total. The summed E-state index contributed by atoms with van der Waals surface area (Å²) in [7, 11) is -1.25. The van der Waals surface area contributed by atoms with Crippen LogP contribution in [0.15, 0.2) is 22.9 Å². The highest BCUT2D eigenvalue weighted by Gasteiger charge is 2.23. The van der Waals surface area contributed by atoms with Gasteiger partial charge in [0, 0.05) is 5.57 Å². The zero-order chi connectivity index (χ0) is 13.7. The van der Waals surface area contributed by atoms with Crippen LogP contribution in [0.5, 0.6) is 0 Å². The maximum atomic E-state index is 11.6. The van der Waals surface area contributed by atoms with E-state index >= 15 is 0 Å². The van der Waals surface area contributed by atoms with Crippen molar-refractivity contribution >= 4 is 15.0 Å². The highest BCUT2D eigenvalue weighted by molar-refractivity contribution is 6.61. The minimum Gasteiger partial charge on any atom is -0.510 e. The van der Waals surface area contributed by atoms with Crippen molar-refractivity contribution in [2.45, 2.75) is 48.1 Å². The Morgan fingerprint density at radius 3 is 1.88 bits per heavy atom. The molecule has 0 amide bonds. The van der Waals surface area contributed by atoms with Gasteiger partial charge in [-0.15, -0.1) is 0 Å². The smallest absolute Gasteiger partial charge is 0.320 e. The summed E-state index contributed by atoms with van der Waals surface area (Å²) < 4.78 is 5.51. The standard InChI is InChI=1S/C14H25O2Si/c1-9(2)12(7)13(10(3)4)17(8)16-14(15)11(5)6/h9-10H,5H2,1-4,6-8H3. The van der Waals surface area contributed by atoms with Gasteiger partial charge in [0.2, 0.25) is 0 Å². The predicted octanol–water partition coefficient (Wildman–Crippen LogP) is 3.89. The number of rotatable bonds is 5. The molecular formula is C14H25O2Si. The molecule has 2 nitrogen and oxygen atoms in total. The first-order valence-electron chi connectivity index (χ1n) is 6.10. The summed E-state index contributed by atoms with van der Waals surface area (Å²) in [6.07, 6.45) is 0. The third-order valence-electron chi connectivity index (χ3n) is 2.84. The van der Waals surface area contributed by atoms with Gasteiger partial charge < -0.3 is 4.43 Å². The van der Waals surface area contributed by atoms with Crippen molar-refractivity contribution in [2.75, 3.05) is 0 Å². The first-order valence-corrected chi connectivity index (χ1v) is 8.01. The van der Waals surface area contributed by atoms with Gasteiger partial charge in [-0.3, -0.25) is 0 Å². The molecular weight excluding hydrogens is 228 g/mol. The van der Waals surface area contributed by atoms with Crippen molar-refractivity contribution < 1.29 is 9.22 Å². The maximum Gasteiger partial charge on any atom is 0.320 e. The minimum atomic E-state index is -1.25. The van der Waals surface area contributed by atoms with E-state index in [4.69, 9.17) is 4.43 Å². The molecule has 0 aliphatic carbocycles. The minimum absolute atomic E-state index is 0.268. The average molecular weight is 253 g/mol. The summed E-state index contributed by atoms with van der Waals surface area (Å²) >= 11 is 0. The number of hydrogen-bond acceptors (Lipinski definition) is 2. The van der Waals surface area contributed by atoms with E-state index in [0.717, 1.165) is 0 Å². The summed E-state index contributed by atoms with van der Waals surface area (Å²) in [4.78, 5) is 11.6. The molecule has 0 saturated carbocycles. The molecule has 3 heteroatoms. The second-order valence-corrected chi connectivity index (χ2v) is 6.99.